The summed E-state index contributed by atoms with van der Waals surface area (Å²) < 4.78 is 24.6. The molecule has 116 valence electrons. The van der Waals surface area contributed by atoms with Gasteiger partial charge in [0.25, 0.3) is 0 Å². The highest BCUT2D eigenvalue weighted by Gasteiger charge is 2.51. The van der Waals surface area contributed by atoms with Crippen LogP contribution in [-0.2, 0) is 15.4 Å². The largest absolute Gasteiger partial charge is 0.385 e. The van der Waals surface area contributed by atoms with Crippen LogP contribution in [0.5, 0.6) is 0 Å². The molecule has 0 saturated carbocycles. The molecule has 0 radical (unpaired) electrons. The Kier molecular flexibility index (Phi) is 3.44. The molecular formula is C14H21N3O3S. The maximum Gasteiger partial charge on any atom is 0.224 e. The molecule has 2 fully saturated rings. The average molecular weight is 311 g/mol. The van der Waals surface area contributed by atoms with E-state index in [4.69, 9.17) is 0 Å². The summed E-state index contributed by atoms with van der Waals surface area (Å²) in [7, 11) is 0.622. The SMILES string of the molecule is CN(C)c1ncc(C2(O)CC3CCCC(C2)S3(=O)=O)cn1. The van der Waals surface area contributed by atoms with Crippen molar-refractivity contribution in [3.63, 3.8) is 0 Å². The van der Waals surface area contributed by atoms with Crippen molar-refractivity contribution in [3.05, 3.63) is 18.0 Å². The van der Waals surface area contributed by atoms with E-state index < -0.39 is 25.9 Å². The fraction of sp³-hybridized carbons (Fsp3) is 0.714. The van der Waals surface area contributed by atoms with Crippen molar-refractivity contribution in [2.75, 3.05) is 19.0 Å². The van der Waals surface area contributed by atoms with Crippen molar-refractivity contribution in [2.24, 2.45) is 0 Å². The standard InChI is InChI=1S/C14H21N3O3S/c1-17(2)13-15-8-10(9-16-13)14(18)6-11-4-3-5-12(7-14)21(11,19)20/h8-9,11-12,18H,3-7H2,1-2H3. The zero-order chi connectivity index (χ0) is 15.3. The van der Waals surface area contributed by atoms with E-state index in [0.29, 0.717) is 24.4 Å². The van der Waals surface area contributed by atoms with E-state index >= 15 is 0 Å². The predicted octanol–water partition coefficient (Wildman–Crippen LogP) is 0.860. The Morgan fingerprint density at radius 2 is 1.71 bits per heavy atom. The number of rotatable bonds is 2. The number of fused-ring (bicyclic) bond motifs is 2. The Bertz CT molecular complexity index is 607. The first kappa shape index (κ1) is 14.7. The summed E-state index contributed by atoms with van der Waals surface area (Å²) in [6.45, 7) is 0. The minimum Gasteiger partial charge on any atom is -0.385 e. The van der Waals surface area contributed by atoms with Crippen LogP contribution in [0.25, 0.3) is 0 Å². The van der Waals surface area contributed by atoms with E-state index in [9.17, 15) is 13.5 Å². The van der Waals surface area contributed by atoms with Gasteiger partial charge in [0.05, 0.1) is 16.1 Å². The molecule has 0 amide bonds. The van der Waals surface area contributed by atoms with Crippen molar-refractivity contribution in [1.29, 1.82) is 0 Å². The minimum atomic E-state index is -3.08. The highest BCUT2D eigenvalue weighted by Crippen LogP contribution is 2.45. The number of aliphatic hydroxyl groups is 1. The molecule has 1 aromatic heterocycles. The molecule has 1 N–H and O–H groups in total. The number of hydrogen-bond acceptors (Lipinski definition) is 6. The van der Waals surface area contributed by atoms with Crippen LogP contribution < -0.4 is 4.90 Å². The molecule has 3 heterocycles. The Balaban J connectivity index is 1.91. The normalized spacial score (nSPS) is 34.4. The molecule has 0 aliphatic carbocycles. The van der Waals surface area contributed by atoms with Crippen LogP contribution in [0.3, 0.4) is 0 Å². The summed E-state index contributed by atoms with van der Waals surface area (Å²) in [6, 6.07) is 0. The quantitative estimate of drug-likeness (QED) is 0.872. The van der Waals surface area contributed by atoms with Gasteiger partial charge in [0.15, 0.2) is 9.84 Å². The minimum absolute atomic E-state index is 0.260. The third kappa shape index (κ3) is 2.42. The van der Waals surface area contributed by atoms with Crippen LogP contribution in [0, 0.1) is 0 Å². The van der Waals surface area contributed by atoms with Gasteiger partial charge >= 0.3 is 0 Å². The summed E-state index contributed by atoms with van der Waals surface area (Å²) >= 11 is 0. The number of nitrogens with zero attached hydrogens (tertiary/aromatic N) is 3. The Labute approximate surface area is 125 Å². The van der Waals surface area contributed by atoms with Gasteiger partial charge in [-0.05, 0) is 25.7 Å². The topological polar surface area (TPSA) is 83.4 Å². The molecule has 21 heavy (non-hydrogen) atoms. The van der Waals surface area contributed by atoms with Gasteiger partial charge in [0.2, 0.25) is 5.95 Å². The molecule has 2 unspecified atom stereocenters. The molecule has 2 bridgehead atoms. The first-order chi connectivity index (χ1) is 9.83. The number of hydrogen-bond donors (Lipinski definition) is 1. The first-order valence-corrected chi connectivity index (χ1v) is 8.89. The monoisotopic (exact) mass is 311 g/mol. The van der Waals surface area contributed by atoms with E-state index in [1.54, 1.807) is 17.3 Å². The van der Waals surface area contributed by atoms with Gasteiger partial charge in [0, 0.05) is 32.1 Å². The third-order valence-corrected chi connectivity index (χ3v) is 7.35. The van der Waals surface area contributed by atoms with Crippen molar-refractivity contribution in [3.8, 4) is 0 Å². The number of aromatic nitrogens is 2. The van der Waals surface area contributed by atoms with Gasteiger partial charge in [-0.25, -0.2) is 18.4 Å². The van der Waals surface area contributed by atoms with Crippen molar-refractivity contribution < 1.29 is 13.5 Å². The molecule has 2 atom stereocenters. The second kappa shape index (κ2) is 4.91. The van der Waals surface area contributed by atoms with Gasteiger partial charge in [-0.15, -0.1) is 0 Å². The molecule has 7 heteroatoms. The highest BCUT2D eigenvalue weighted by molar-refractivity contribution is 7.92. The summed E-state index contributed by atoms with van der Waals surface area (Å²) in [5.41, 5.74) is -0.494. The van der Waals surface area contributed by atoms with Crippen molar-refractivity contribution >= 4 is 15.8 Å². The highest BCUT2D eigenvalue weighted by atomic mass is 32.2. The lowest BCUT2D eigenvalue weighted by Gasteiger charge is -2.43. The number of sulfone groups is 1. The smallest absolute Gasteiger partial charge is 0.224 e. The zero-order valence-electron chi connectivity index (χ0n) is 12.4. The average Bonchev–Trinajstić information content (AvgIpc) is 2.41. The molecule has 2 aliphatic heterocycles. The second-order valence-corrected chi connectivity index (χ2v) is 8.88. The van der Waals surface area contributed by atoms with Gasteiger partial charge in [-0.2, -0.15) is 0 Å². The lowest BCUT2D eigenvalue weighted by atomic mass is 9.81. The van der Waals surface area contributed by atoms with Crippen molar-refractivity contribution in [1.82, 2.24) is 9.97 Å². The van der Waals surface area contributed by atoms with E-state index in [1.807, 2.05) is 14.1 Å². The van der Waals surface area contributed by atoms with Crippen LogP contribution in [-0.4, -0.2) is 48.1 Å². The number of anilines is 1. The molecular weight excluding hydrogens is 290 g/mol. The lowest BCUT2D eigenvalue weighted by molar-refractivity contribution is 0.00440. The molecule has 3 rings (SSSR count). The molecule has 0 spiro atoms. The maximum absolute atomic E-state index is 12.3. The van der Waals surface area contributed by atoms with Gasteiger partial charge in [-0.1, -0.05) is 6.42 Å². The summed E-state index contributed by atoms with van der Waals surface area (Å²) in [4.78, 5) is 10.3. The lowest BCUT2D eigenvalue weighted by Crippen LogP contribution is -2.50. The predicted molar refractivity (Wildman–Crippen MR) is 79.8 cm³/mol. The molecule has 1 aromatic rings. The fourth-order valence-corrected chi connectivity index (χ4v) is 6.03. The van der Waals surface area contributed by atoms with Crippen LogP contribution in [0.4, 0.5) is 5.95 Å². The second-order valence-electron chi connectivity index (χ2n) is 6.37. The first-order valence-electron chi connectivity index (χ1n) is 7.28. The molecule has 0 aromatic carbocycles. The molecule has 6 nitrogen and oxygen atoms in total. The van der Waals surface area contributed by atoms with Crippen LogP contribution in [0.2, 0.25) is 0 Å². The summed E-state index contributed by atoms with van der Waals surface area (Å²) in [5.74, 6) is 0.575. The van der Waals surface area contributed by atoms with Gasteiger partial charge in [0.1, 0.15) is 0 Å². The Morgan fingerprint density at radius 3 is 2.19 bits per heavy atom. The third-order valence-electron chi connectivity index (χ3n) is 4.69. The van der Waals surface area contributed by atoms with E-state index in [2.05, 4.69) is 9.97 Å². The van der Waals surface area contributed by atoms with Gasteiger partial charge in [-0.3, -0.25) is 0 Å². The molecule has 2 aliphatic rings. The Hall–Kier alpha value is -1.21. The summed E-state index contributed by atoms with van der Waals surface area (Å²) in [5, 5.41) is 10.1. The molecule has 2 saturated heterocycles. The van der Waals surface area contributed by atoms with Crippen LogP contribution in [0.1, 0.15) is 37.7 Å². The maximum atomic E-state index is 12.3. The fourth-order valence-electron chi connectivity index (χ4n) is 3.48. The van der Waals surface area contributed by atoms with E-state index in [1.165, 1.54) is 0 Å². The summed E-state index contributed by atoms with van der Waals surface area (Å²) in [6.07, 6.45) is 6.00. The van der Waals surface area contributed by atoms with E-state index in [-0.39, 0.29) is 12.8 Å². The van der Waals surface area contributed by atoms with E-state index in [0.717, 1.165) is 6.42 Å². The van der Waals surface area contributed by atoms with Crippen LogP contribution in [0.15, 0.2) is 12.4 Å². The van der Waals surface area contributed by atoms with Crippen molar-refractivity contribution in [2.45, 2.75) is 48.2 Å². The van der Waals surface area contributed by atoms with Gasteiger partial charge < -0.3 is 10.0 Å². The van der Waals surface area contributed by atoms with Crippen LogP contribution >= 0.6 is 0 Å². The zero-order valence-corrected chi connectivity index (χ0v) is 13.2. The Morgan fingerprint density at radius 1 is 1.19 bits per heavy atom.